The van der Waals surface area contributed by atoms with Gasteiger partial charge < -0.3 is 0 Å². The minimum atomic E-state index is 0.659. The Morgan fingerprint density at radius 1 is 1.21 bits per heavy atom. The van der Waals surface area contributed by atoms with Gasteiger partial charge in [0, 0.05) is 11.5 Å². The fraction of sp³-hybridized carbons (Fsp3) is 0. The Balaban J connectivity index is 2.60. The van der Waals surface area contributed by atoms with E-state index in [0.29, 0.717) is 5.82 Å². The molecule has 2 aromatic heterocycles. The molecule has 4 nitrogen and oxygen atoms in total. The molecule has 4 N–H and O–H groups in total. The number of aromatic amines is 2. The number of hydrogen-bond acceptors (Lipinski definition) is 2. The molecule has 14 heavy (non-hydrogen) atoms. The fourth-order valence-electron chi connectivity index (χ4n) is 1.68. The third-order valence-corrected chi connectivity index (χ3v) is 2.37. The van der Waals surface area contributed by atoms with Gasteiger partial charge in [-0.1, -0.05) is 0 Å². The van der Waals surface area contributed by atoms with E-state index in [1.807, 2.05) is 24.3 Å². The van der Waals surface area contributed by atoms with Crippen LogP contribution in [0.1, 0.15) is 0 Å². The summed E-state index contributed by atoms with van der Waals surface area (Å²) in [5, 5.41) is 9.11. The van der Waals surface area contributed by atoms with E-state index in [2.05, 4.69) is 15.2 Å². The van der Waals surface area contributed by atoms with Crippen LogP contribution in [-0.4, -0.2) is 10.2 Å². The first kappa shape index (κ1) is 7.32. The van der Waals surface area contributed by atoms with Gasteiger partial charge in [-0.25, -0.2) is 4.98 Å². The zero-order valence-corrected chi connectivity index (χ0v) is 7.41. The van der Waals surface area contributed by atoms with Crippen LogP contribution in [0.3, 0.4) is 0 Å². The van der Waals surface area contributed by atoms with Crippen molar-refractivity contribution in [2.45, 2.75) is 0 Å². The summed E-state index contributed by atoms with van der Waals surface area (Å²) in [6.07, 6.45) is 1.80. The number of nitrogens with two attached hydrogens (primary N) is 1. The summed E-state index contributed by atoms with van der Waals surface area (Å²) < 4.78 is 0. The van der Waals surface area contributed by atoms with Crippen LogP contribution >= 0.6 is 0 Å². The van der Waals surface area contributed by atoms with Crippen molar-refractivity contribution in [3.8, 4) is 0 Å². The zero-order valence-electron chi connectivity index (χ0n) is 7.41. The van der Waals surface area contributed by atoms with Crippen LogP contribution < -0.4 is 10.7 Å². The Bertz CT molecular complexity index is 612. The maximum absolute atomic E-state index is 5.70. The average molecular weight is 185 g/mol. The molecule has 0 atom stereocenters. The Kier molecular flexibility index (Phi) is 1.28. The van der Waals surface area contributed by atoms with Crippen LogP contribution in [0.5, 0.6) is 0 Å². The molecular weight excluding hydrogens is 176 g/mol. The van der Waals surface area contributed by atoms with Crippen molar-refractivity contribution in [1.82, 2.24) is 10.2 Å². The number of hydrogen-bond donors (Lipinski definition) is 2. The van der Waals surface area contributed by atoms with Crippen molar-refractivity contribution in [3.63, 3.8) is 0 Å². The molecule has 3 aromatic rings. The summed E-state index contributed by atoms with van der Waals surface area (Å²) in [6, 6.07) is 7.89. The maximum atomic E-state index is 5.70. The lowest BCUT2D eigenvalue weighted by molar-refractivity contribution is -0.325. The third kappa shape index (κ3) is 0.877. The molecule has 0 spiro atoms. The Labute approximate surface area is 79.8 Å². The van der Waals surface area contributed by atoms with Crippen LogP contribution in [0.4, 0.5) is 5.82 Å². The number of pyridine rings is 1. The van der Waals surface area contributed by atoms with Crippen molar-refractivity contribution in [3.05, 3.63) is 30.5 Å². The molecule has 0 aliphatic rings. The number of rotatable bonds is 0. The van der Waals surface area contributed by atoms with Gasteiger partial charge in [0.2, 0.25) is 0 Å². The minimum absolute atomic E-state index is 0.659. The van der Waals surface area contributed by atoms with Crippen molar-refractivity contribution in [1.29, 1.82) is 0 Å². The summed E-state index contributed by atoms with van der Waals surface area (Å²) in [5.41, 5.74) is 7.74. The smallest absolute Gasteiger partial charge is 0.270 e. The van der Waals surface area contributed by atoms with Crippen LogP contribution in [0.2, 0.25) is 0 Å². The second kappa shape index (κ2) is 2.45. The van der Waals surface area contributed by atoms with Crippen LogP contribution in [0.25, 0.3) is 21.8 Å². The summed E-state index contributed by atoms with van der Waals surface area (Å²) in [4.78, 5) is 3.14. The highest BCUT2D eigenvalue weighted by Crippen LogP contribution is 2.19. The van der Waals surface area contributed by atoms with Crippen LogP contribution in [0.15, 0.2) is 30.5 Å². The standard InChI is InChI=1S/C10H8N4/c11-9-4-2-6-1-3-8-7(5-12-14-8)10(6)13-9/h1-5H,(H2,11,13)(H,12,14)/p+1. The third-order valence-electron chi connectivity index (χ3n) is 2.37. The number of fused-ring (bicyclic) bond motifs is 3. The molecule has 1 aromatic carbocycles. The molecule has 0 unspecified atom stereocenters. The summed E-state index contributed by atoms with van der Waals surface area (Å²) in [7, 11) is 0. The number of nitrogens with zero attached hydrogens (tertiary/aromatic N) is 1. The van der Waals surface area contributed by atoms with Gasteiger partial charge in [0.05, 0.1) is 17.1 Å². The number of nitrogens with one attached hydrogen (secondary N) is 2. The molecule has 0 radical (unpaired) electrons. The van der Waals surface area contributed by atoms with Gasteiger partial charge in [0.1, 0.15) is 5.52 Å². The van der Waals surface area contributed by atoms with Crippen LogP contribution in [0, 0.1) is 0 Å². The summed E-state index contributed by atoms with van der Waals surface area (Å²) >= 11 is 0. The lowest BCUT2D eigenvalue weighted by Crippen LogP contribution is -2.10. The largest absolute Gasteiger partial charge is 0.287 e. The number of aromatic nitrogens is 3. The summed E-state index contributed by atoms with van der Waals surface area (Å²) in [5.74, 6) is 0.659. The van der Waals surface area contributed by atoms with Gasteiger partial charge in [-0.15, -0.1) is 0 Å². The predicted octanol–water partition coefficient (Wildman–Crippen LogP) is 1.11. The molecule has 0 aliphatic carbocycles. The van der Waals surface area contributed by atoms with Crippen molar-refractivity contribution in [2.75, 3.05) is 5.73 Å². The van der Waals surface area contributed by atoms with Gasteiger partial charge in [0.15, 0.2) is 0 Å². The molecule has 3 rings (SSSR count). The quantitative estimate of drug-likeness (QED) is 0.551. The van der Waals surface area contributed by atoms with E-state index in [1.54, 1.807) is 6.20 Å². The number of nitrogen functional groups attached to an aromatic ring is 1. The molecule has 0 fully saturated rings. The lowest BCUT2D eigenvalue weighted by atomic mass is 10.1. The van der Waals surface area contributed by atoms with E-state index in [9.17, 15) is 0 Å². The number of anilines is 1. The molecular formula is C10H9N4+. The Morgan fingerprint density at radius 3 is 3.00 bits per heavy atom. The van der Waals surface area contributed by atoms with Gasteiger partial charge in [-0.05, 0) is 18.2 Å². The first-order valence-electron chi connectivity index (χ1n) is 4.38. The molecule has 2 heterocycles. The van der Waals surface area contributed by atoms with Crippen LogP contribution in [-0.2, 0) is 0 Å². The van der Waals surface area contributed by atoms with Gasteiger partial charge in [-0.3, -0.25) is 10.8 Å². The zero-order chi connectivity index (χ0) is 9.54. The maximum Gasteiger partial charge on any atom is 0.270 e. The predicted molar refractivity (Wildman–Crippen MR) is 54.6 cm³/mol. The lowest BCUT2D eigenvalue weighted by Gasteiger charge is -1.95. The van der Waals surface area contributed by atoms with Gasteiger partial charge in [0.25, 0.3) is 5.82 Å². The van der Waals surface area contributed by atoms with Crippen molar-refractivity contribution < 1.29 is 4.98 Å². The fourth-order valence-corrected chi connectivity index (χ4v) is 1.68. The van der Waals surface area contributed by atoms with E-state index < -0.39 is 0 Å². The first-order chi connectivity index (χ1) is 6.84. The molecule has 68 valence electrons. The Hall–Kier alpha value is -2.10. The highest BCUT2D eigenvalue weighted by Gasteiger charge is 2.05. The topological polar surface area (TPSA) is 68.8 Å². The van der Waals surface area contributed by atoms with E-state index in [4.69, 9.17) is 5.73 Å². The second-order valence-electron chi connectivity index (χ2n) is 3.27. The highest BCUT2D eigenvalue weighted by molar-refractivity contribution is 6.01. The van der Waals surface area contributed by atoms with E-state index in [1.165, 1.54) is 0 Å². The molecule has 0 saturated heterocycles. The normalized spacial score (nSPS) is 11.1. The van der Waals surface area contributed by atoms with Crippen molar-refractivity contribution in [2.24, 2.45) is 0 Å². The Morgan fingerprint density at radius 2 is 2.07 bits per heavy atom. The second-order valence-corrected chi connectivity index (χ2v) is 3.27. The van der Waals surface area contributed by atoms with Crippen molar-refractivity contribution >= 4 is 27.6 Å². The molecule has 0 bridgehead atoms. The summed E-state index contributed by atoms with van der Waals surface area (Å²) in [6.45, 7) is 0. The van der Waals surface area contributed by atoms with Gasteiger partial charge in [-0.2, -0.15) is 5.10 Å². The highest BCUT2D eigenvalue weighted by atomic mass is 15.1. The molecule has 0 saturated carbocycles. The SMILES string of the molecule is Nc1ccc2ccc3[nH]ncc3c2[nH+]1. The monoisotopic (exact) mass is 185 g/mol. The molecule has 0 aliphatic heterocycles. The molecule has 0 amide bonds. The van der Waals surface area contributed by atoms with Gasteiger partial charge >= 0.3 is 0 Å². The average Bonchev–Trinajstić information content (AvgIpc) is 2.65. The first-order valence-corrected chi connectivity index (χ1v) is 4.38. The molecule has 4 heteroatoms. The minimum Gasteiger partial charge on any atom is -0.287 e. The number of H-pyrrole nitrogens is 2. The number of benzene rings is 1. The van der Waals surface area contributed by atoms with E-state index >= 15 is 0 Å². The van der Waals surface area contributed by atoms with E-state index in [0.717, 1.165) is 21.8 Å². The van der Waals surface area contributed by atoms with E-state index in [-0.39, 0.29) is 0 Å².